The maximum absolute atomic E-state index is 12.5. The van der Waals surface area contributed by atoms with Gasteiger partial charge in [0.2, 0.25) is 5.91 Å². The predicted octanol–water partition coefficient (Wildman–Crippen LogP) is 3.66. The highest BCUT2D eigenvalue weighted by Crippen LogP contribution is 2.28. The van der Waals surface area contributed by atoms with Gasteiger partial charge in [-0.05, 0) is 19.9 Å². The number of aryl methyl sites for hydroxylation is 3. The summed E-state index contributed by atoms with van der Waals surface area (Å²) in [5, 5.41) is 12.9. The van der Waals surface area contributed by atoms with Crippen LogP contribution in [0.25, 0.3) is 21.8 Å². The van der Waals surface area contributed by atoms with Crippen molar-refractivity contribution in [3.05, 3.63) is 59.4 Å². The fourth-order valence-electron chi connectivity index (χ4n) is 3.00. The number of carbonyl (C=O) groups is 1. The second-order valence-corrected chi connectivity index (χ2v) is 7.70. The van der Waals surface area contributed by atoms with Gasteiger partial charge in [0.05, 0.1) is 21.3 Å². The van der Waals surface area contributed by atoms with Crippen molar-refractivity contribution in [1.29, 1.82) is 0 Å². The smallest absolute Gasteiger partial charge is 0.247 e. The van der Waals surface area contributed by atoms with Crippen molar-refractivity contribution in [3.8, 4) is 21.8 Å². The van der Waals surface area contributed by atoms with Crippen LogP contribution in [0.3, 0.4) is 0 Å². The predicted molar refractivity (Wildman–Crippen MR) is 110 cm³/mol. The summed E-state index contributed by atoms with van der Waals surface area (Å²) in [7, 11) is 1.81. The molecule has 0 aliphatic carbocycles. The lowest BCUT2D eigenvalue weighted by atomic mass is 10.2. The summed E-state index contributed by atoms with van der Waals surface area (Å²) in [6.07, 6.45) is 1.81. The number of carbonyl (C=O) groups excluding carboxylic acids is 1. The zero-order valence-electron chi connectivity index (χ0n) is 15.9. The first-order valence-electron chi connectivity index (χ1n) is 8.87. The third-order valence-electron chi connectivity index (χ3n) is 4.30. The quantitative estimate of drug-likeness (QED) is 0.562. The van der Waals surface area contributed by atoms with Crippen molar-refractivity contribution in [2.24, 2.45) is 7.05 Å². The van der Waals surface area contributed by atoms with E-state index in [0.717, 1.165) is 32.5 Å². The minimum absolute atomic E-state index is 0.128. The van der Waals surface area contributed by atoms with Crippen molar-refractivity contribution in [2.45, 2.75) is 20.4 Å². The first kappa shape index (κ1) is 18.1. The topological polar surface area (TPSA) is 77.6 Å². The maximum Gasteiger partial charge on any atom is 0.247 e. The van der Waals surface area contributed by atoms with Crippen LogP contribution in [-0.2, 0) is 18.4 Å². The molecule has 0 spiro atoms. The average molecular weight is 392 g/mol. The Balaban J connectivity index is 1.45. The molecular formula is C20H20N6OS. The molecule has 8 heteroatoms. The third-order valence-corrected chi connectivity index (χ3v) is 5.39. The van der Waals surface area contributed by atoms with E-state index < -0.39 is 0 Å². The SMILES string of the molecule is Cc1nc(C)c(-c2ccn(CC(=O)Nc3cc(-c4ccccc4)nn3C)n2)s1. The lowest BCUT2D eigenvalue weighted by molar-refractivity contribution is -0.116. The van der Waals surface area contributed by atoms with Crippen LogP contribution >= 0.6 is 11.3 Å². The third kappa shape index (κ3) is 3.72. The molecule has 0 fully saturated rings. The summed E-state index contributed by atoms with van der Waals surface area (Å²) < 4.78 is 3.30. The van der Waals surface area contributed by atoms with E-state index in [9.17, 15) is 4.79 Å². The fourth-order valence-corrected chi connectivity index (χ4v) is 3.89. The fraction of sp³-hybridized carbons (Fsp3) is 0.200. The number of benzene rings is 1. The Bertz CT molecular complexity index is 1120. The maximum atomic E-state index is 12.5. The molecule has 1 aromatic carbocycles. The van der Waals surface area contributed by atoms with E-state index in [1.807, 2.05) is 69.6 Å². The number of anilines is 1. The van der Waals surface area contributed by atoms with Gasteiger partial charge in [0, 0.05) is 24.9 Å². The lowest BCUT2D eigenvalue weighted by Gasteiger charge is -2.05. The highest BCUT2D eigenvalue weighted by Gasteiger charge is 2.13. The summed E-state index contributed by atoms with van der Waals surface area (Å²) in [6, 6.07) is 13.6. The summed E-state index contributed by atoms with van der Waals surface area (Å²) >= 11 is 1.61. The monoisotopic (exact) mass is 392 g/mol. The van der Waals surface area contributed by atoms with Gasteiger partial charge in [0.25, 0.3) is 0 Å². The minimum atomic E-state index is -0.158. The molecule has 28 heavy (non-hydrogen) atoms. The van der Waals surface area contributed by atoms with Crippen molar-refractivity contribution >= 4 is 23.1 Å². The van der Waals surface area contributed by atoms with E-state index in [1.54, 1.807) is 20.7 Å². The van der Waals surface area contributed by atoms with Crippen LogP contribution in [0.15, 0.2) is 48.7 Å². The first-order chi connectivity index (χ1) is 13.5. The molecule has 1 amide bonds. The number of thiazole rings is 1. The molecule has 0 saturated heterocycles. The Morgan fingerprint density at radius 1 is 1.11 bits per heavy atom. The highest BCUT2D eigenvalue weighted by molar-refractivity contribution is 7.15. The molecule has 0 aliphatic rings. The van der Waals surface area contributed by atoms with E-state index in [0.29, 0.717) is 5.82 Å². The Morgan fingerprint density at radius 3 is 2.61 bits per heavy atom. The van der Waals surface area contributed by atoms with E-state index in [-0.39, 0.29) is 12.5 Å². The van der Waals surface area contributed by atoms with E-state index >= 15 is 0 Å². The standard InChI is InChI=1S/C20H20N6OS/c1-13-20(28-14(2)21-13)16-9-10-26(24-16)12-19(27)22-18-11-17(23-25(18)3)15-7-5-4-6-8-15/h4-11H,12H2,1-3H3,(H,22,27). The van der Waals surface area contributed by atoms with Gasteiger partial charge in [0.15, 0.2) is 0 Å². The van der Waals surface area contributed by atoms with Crippen molar-refractivity contribution in [1.82, 2.24) is 24.5 Å². The molecule has 0 aliphatic heterocycles. The molecule has 3 aromatic heterocycles. The normalized spacial score (nSPS) is 11.0. The van der Waals surface area contributed by atoms with Crippen molar-refractivity contribution in [3.63, 3.8) is 0 Å². The van der Waals surface area contributed by atoms with E-state index in [1.165, 1.54) is 0 Å². The Hall–Kier alpha value is -3.26. The summed E-state index contributed by atoms with van der Waals surface area (Å²) in [5.41, 5.74) is 3.62. The molecule has 1 N–H and O–H groups in total. The second kappa shape index (κ2) is 7.40. The molecule has 7 nitrogen and oxygen atoms in total. The Morgan fingerprint density at radius 2 is 1.89 bits per heavy atom. The van der Waals surface area contributed by atoms with Crippen LogP contribution in [-0.4, -0.2) is 30.5 Å². The average Bonchev–Trinajstić information content (AvgIpc) is 3.35. The van der Waals surface area contributed by atoms with Crippen molar-refractivity contribution < 1.29 is 4.79 Å². The van der Waals surface area contributed by atoms with E-state index in [4.69, 9.17) is 0 Å². The molecule has 142 valence electrons. The van der Waals surface area contributed by atoms with Gasteiger partial charge >= 0.3 is 0 Å². The number of nitrogens with one attached hydrogen (secondary N) is 1. The lowest BCUT2D eigenvalue weighted by Crippen LogP contribution is -2.20. The second-order valence-electron chi connectivity index (χ2n) is 6.50. The van der Waals surface area contributed by atoms with Crippen LogP contribution in [0.2, 0.25) is 0 Å². The molecule has 0 bridgehead atoms. The number of hydrogen-bond acceptors (Lipinski definition) is 5. The largest absolute Gasteiger partial charge is 0.309 e. The molecule has 0 atom stereocenters. The Labute approximate surface area is 166 Å². The van der Waals surface area contributed by atoms with Gasteiger partial charge in [-0.15, -0.1) is 11.3 Å². The van der Waals surface area contributed by atoms with Crippen LogP contribution < -0.4 is 5.32 Å². The molecule has 0 saturated carbocycles. The number of nitrogens with zero attached hydrogens (tertiary/aromatic N) is 5. The molecule has 0 radical (unpaired) electrons. The molecule has 4 aromatic rings. The molecule has 3 heterocycles. The molecular weight excluding hydrogens is 372 g/mol. The number of aromatic nitrogens is 5. The van der Waals surface area contributed by atoms with Gasteiger partial charge < -0.3 is 5.32 Å². The van der Waals surface area contributed by atoms with Gasteiger partial charge in [-0.3, -0.25) is 14.2 Å². The van der Waals surface area contributed by atoms with Gasteiger partial charge in [0.1, 0.15) is 18.1 Å². The van der Waals surface area contributed by atoms with Crippen LogP contribution in [0.1, 0.15) is 10.7 Å². The van der Waals surface area contributed by atoms with Crippen LogP contribution in [0, 0.1) is 13.8 Å². The van der Waals surface area contributed by atoms with Gasteiger partial charge in [-0.1, -0.05) is 30.3 Å². The summed E-state index contributed by atoms with van der Waals surface area (Å²) in [6.45, 7) is 4.07. The van der Waals surface area contributed by atoms with Crippen LogP contribution in [0.5, 0.6) is 0 Å². The minimum Gasteiger partial charge on any atom is -0.309 e. The van der Waals surface area contributed by atoms with Gasteiger partial charge in [-0.25, -0.2) is 4.98 Å². The molecule has 0 unspecified atom stereocenters. The zero-order valence-corrected chi connectivity index (χ0v) is 16.7. The Kier molecular flexibility index (Phi) is 4.79. The number of amides is 1. The zero-order chi connectivity index (χ0) is 19.7. The van der Waals surface area contributed by atoms with Gasteiger partial charge in [-0.2, -0.15) is 10.2 Å². The summed E-state index contributed by atoms with van der Waals surface area (Å²) in [4.78, 5) is 17.9. The van der Waals surface area contributed by atoms with Crippen LogP contribution in [0.4, 0.5) is 5.82 Å². The highest BCUT2D eigenvalue weighted by atomic mass is 32.1. The summed E-state index contributed by atoms with van der Waals surface area (Å²) in [5.74, 6) is 0.486. The first-order valence-corrected chi connectivity index (χ1v) is 9.68. The molecule has 4 rings (SSSR count). The number of rotatable bonds is 5. The van der Waals surface area contributed by atoms with Crippen molar-refractivity contribution in [2.75, 3.05) is 5.32 Å². The van der Waals surface area contributed by atoms with E-state index in [2.05, 4.69) is 20.5 Å². The number of hydrogen-bond donors (Lipinski definition) is 1.